The molecule has 0 bridgehead atoms. The van der Waals surface area contributed by atoms with E-state index in [0.717, 1.165) is 58.6 Å². The van der Waals surface area contributed by atoms with Crippen molar-refractivity contribution in [3.63, 3.8) is 0 Å². The Morgan fingerprint density at radius 1 is 0.682 bits per heavy atom. The molecule has 0 radical (unpaired) electrons. The molecule has 66 heavy (non-hydrogen) atoms. The normalized spacial score (nSPS) is 27.4. The van der Waals surface area contributed by atoms with Crippen LogP contribution in [0.4, 0.5) is 0 Å². The van der Waals surface area contributed by atoms with Crippen LogP contribution in [0.25, 0.3) is 21.8 Å². The molecule has 2 aliphatic carbocycles. The van der Waals surface area contributed by atoms with Crippen LogP contribution in [0.1, 0.15) is 108 Å². The standard InChI is InChI=1S/C50H63N9O7/c1-30(60)51-23-11-8-18-38-47(64)58-24-12-20-42(58)48(65)59-41-19-7-2-13-31(41)27-43(59)46(63)55-40(26-33-29-53-37-17-6-4-15-35(33)37)45(62)57-50(21-9-10-22-50)49(66)56-39(44(61)54-38)25-32-28-52-36-16-5-3-14-34(32)36/h3-6,14-17,28-29,31,38-43,52-53H,2,7-13,18-27H2,1H3,(H,51,60)(H,54,61)(H,55,63)(H,56,66)(H,57,62)/t31-,38+,39+,40+,41-,42-,43-/m1/s1. The minimum Gasteiger partial charge on any atom is -0.361 e. The average Bonchev–Trinajstić information content (AvgIpc) is 4.18. The summed E-state index contributed by atoms with van der Waals surface area (Å²) in [5.74, 6) is -2.77. The summed E-state index contributed by atoms with van der Waals surface area (Å²) in [7, 11) is 0. The number of amides is 7. The van der Waals surface area contributed by atoms with Crippen molar-refractivity contribution in [3.05, 3.63) is 72.1 Å². The lowest BCUT2D eigenvalue weighted by Gasteiger charge is -2.38. The zero-order chi connectivity index (χ0) is 46.0. The molecule has 3 saturated heterocycles. The van der Waals surface area contributed by atoms with Crippen molar-refractivity contribution in [3.8, 4) is 0 Å². The van der Waals surface area contributed by atoms with Gasteiger partial charge in [-0.15, -0.1) is 0 Å². The third kappa shape index (κ3) is 9.15. The number of para-hydroxylation sites is 2. The van der Waals surface area contributed by atoms with E-state index in [-0.39, 0.29) is 43.0 Å². The molecule has 7 N–H and O–H groups in total. The minimum atomic E-state index is -1.39. The molecule has 1 spiro atoms. The maximum atomic E-state index is 15.2. The minimum absolute atomic E-state index is 0.0814. The van der Waals surface area contributed by atoms with Gasteiger partial charge >= 0.3 is 0 Å². The Bertz CT molecular complexity index is 2490. The fourth-order valence-corrected chi connectivity index (χ4v) is 11.7. The third-order valence-electron chi connectivity index (χ3n) is 15.1. The maximum Gasteiger partial charge on any atom is 0.246 e. The highest BCUT2D eigenvalue weighted by molar-refractivity contribution is 6.00. The van der Waals surface area contributed by atoms with Gasteiger partial charge < -0.3 is 46.4 Å². The van der Waals surface area contributed by atoms with Crippen LogP contribution in [0.2, 0.25) is 0 Å². The molecule has 3 aliphatic heterocycles. The summed E-state index contributed by atoms with van der Waals surface area (Å²) in [4.78, 5) is 111. The molecule has 7 amide bonds. The summed E-state index contributed by atoms with van der Waals surface area (Å²) in [5.41, 5.74) is 1.94. The molecule has 4 aromatic rings. The van der Waals surface area contributed by atoms with Gasteiger partial charge in [-0.05, 0) is 93.4 Å². The van der Waals surface area contributed by atoms with Gasteiger partial charge in [0.1, 0.15) is 35.7 Å². The lowest BCUT2D eigenvalue weighted by Crippen LogP contribution is -2.65. The first-order valence-corrected chi connectivity index (χ1v) is 24.2. The number of carbonyl (C=O) groups excluding carboxylic acids is 7. The molecule has 7 atom stereocenters. The van der Waals surface area contributed by atoms with E-state index in [1.165, 1.54) is 6.92 Å². The number of H-pyrrole nitrogens is 2. The Kier molecular flexibility index (Phi) is 13.2. The van der Waals surface area contributed by atoms with Crippen molar-refractivity contribution in [2.45, 2.75) is 151 Å². The first kappa shape index (κ1) is 45.0. The van der Waals surface area contributed by atoms with Gasteiger partial charge in [0.2, 0.25) is 41.4 Å². The summed E-state index contributed by atoms with van der Waals surface area (Å²) in [5, 5.41) is 16.9. The van der Waals surface area contributed by atoms with Gasteiger partial charge in [0.05, 0.1) is 0 Å². The van der Waals surface area contributed by atoms with E-state index in [0.29, 0.717) is 70.9 Å². The molecular formula is C50H63N9O7. The summed E-state index contributed by atoms with van der Waals surface area (Å²) >= 11 is 0. The first-order chi connectivity index (χ1) is 32.0. The molecule has 9 rings (SSSR count). The van der Waals surface area contributed by atoms with Crippen LogP contribution >= 0.6 is 0 Å². The summed E-state index contributed by atoms with van der Waals surface area (Å²) in [6, 6.07) is 10.2. The van der Waals surface area contributed by atoms with Crippen molar-refractivity contribution in [2.24, 2.45) is 5.92 Å². The van der Waals surface area contributed by atoms with Gasteiger partial charge in [0.15, 0.2) is 0 Å². The zero-order valence-electron chi connectivity index (χ0n) is 37.8. The SMILES string of the molecule is CC(=O)NCCCC[C@@H]1NC(=O)[C@H](Cc2c[nH]c3ccccc23)NC(=O)C2(CCCC2)NC(=O)[C@H](Cc2c[nH]c3ccccc23)NC(=O)[C@H]2C[C@H]3CCCC[C@H]3N2C(=O)[C@H]2CCCN2C1=O. The molecule has 0 unspecified atom stereocenters. The highest BCUT2D eigenvalue weighted by Crippen LogP contribution is 2.41. The first-order valence-electron chi connectivity index (χ1n) is 24.2. The molecule has 5 heterocycles. The molecule has 2 aromatic carbocycles. The van der Waals surface area contributed by atoms with Gasteiger partial charge in [-0.25, -0.2) is 0 Å². The lowest BCUT2D eigenvalue weighted by atomic mass is 9.84. The molecule has 16 nitrogen and oxygen atoms in total. The predicted octanol–water partition coefficient (Wildman–Crippen LogP) is 3.79. The quantitative estimate of drug-likeness (QED) is 0.123. The number of unbranched alkanes of at least 4 members (excludes halogenated alkanes) is 1. The number of rotatable bonds is 9. The lowest BCUT2D eigenvalue weighted by molar-refractivity contribution is -0.150. The van der Waals surface area contributed by atoms with Crippen LogP contribution in [0.15, 0.2) is 60.9 Å². The van der Waals surface area contributed by atoms with E-state index >= 15 is 4.79 Å². The van der Waals surface area contributed by atoms with Crippen LogP contribution in [-0.4, -0.2) is 116 Å². The molecule has 2 aromatic heterocycles. The fourth-order valence-electron chi connectivity index (χ4n) is 11.7. The number of carbonyl (C=O) groups is 7. The summed E-state index contributed by atoms with van der Waals surface area (Å²) < 4.78 is 0. The molecular weight excluding hydrogens is 839 g/mol. The van der Waals surface area contributed by atoms with E-state index in [9.17, 15) is 28.8 Å². The van der Waals surface area contributed by atoms with Gasteiger partial charge in [-0.2, -0.15) is 0 Å². The van der Waals surface area contributed by atoms with Crippen molar-refractivity contribution < 1.29 is 33.6 Å². The fraction of sp³-hybridized carbons (Fsp3) is 0.540. The van der Waals surface area contributed by atoms with Crippen molar-refractivity contribution in [1.82, 2.24) is 46.4 Å². The van der Waals surface area contributed by atoms with Crippen LogP contribution in [0.5, 0.6) is 0 Å². The summed E-state index contributed by atoms with van der Waals surface area (Å²) in [6.07, 6.45) is 12.0. The van der Waals surface area contributed by atoms with E-state index in [1.807, 2.05) is 60.9 Å². The topological polar surface area (TPSA) is 218 Å². The second-order valence-electron chi connectivity index (χ2n) is 19.3. The number of fused-ring (bicyclic) bond motifs is 6. The number of aromatic amines is 2. The molecule has 2 saturated carbocycles. The predicted molar refractivity (Wildman–Crippen MR) is 247 cm³/mol. The Morgan fingerprint density at radius 2 is 1.32 bits per heavy atom. The molecule has 16 heteroatoms. The Hall–Kier alpha value is -6.19. The van der Waals surface area contributed by atoms with Crippen molar-refractivity contribution >= 4 is 63.2 Å². The molecule has 5 aliphatic rings. The highest BCUT2D eigenvalue weighted by Gasteiger charge is 2.52. The number of hydrogen-bond acceptors (Lipinski definition) is 7. The van der Waals surface area contributed by atoms with Gasteiger partial charge in [-0.3, -0.25) is 33.6 Å². The van der Waals surface area contributed by atoms with E-state index in [4.69, 9.17) is 0 Å². The second kappa shape index (κ2) is 19.3. The maximum absolute atomic E-state index is 15.2. The van der Waals surface area contributed by atoms with Crippen molar-refractivity contribution in [2.75, 3.05) is 13.1 Å². The van der Waals surface area contributed by atoms with Crippen LogP contribution in [0, 0.1) is 5.92 Å². The summed E-state index contributed by atoms with van der Waals surface area (Å²) in [6.45, 7) is 2.14. The number of benzene rings is 2. The number of aromatic nitrogens is 2. The smallest absolute Gasteiger partial charge is 0.246 e. The Balaban J connectivity index is 1.10. The van der Waals surface area contributed by atoms with Gasteiger partial charge in [-0.1, -0.05) is 62.1 Å². The number of nitrogens with one attached hydrogen (secondary N) is 7. The third-order valence-corrected chi connectivity index (χ3v) is 15.1. The highest BCUT2D eigenvalue weighted by atomic mass is 16.2. The van der Waals surface area contributed by atoms with E-state index in [2.05, 4.69) is 36.6 Å². The molecule has 5 fully saturated rings. The molecule has 350 valence electrons. The van der Waals surface area contributed by atoms with Gasteiger partial charge in [0, 0.05) is 73.1 Å². The monoisotopic (exact) mass is 901 g/mol. The van der Waals surface area contributed by atoms with Crippen LogP contribution < -0.4 is 26.6 Å². The average molecular weight is 902 g/mol. The number of hydrogen-bond donors (Lipinski definition) is 7. The van der Waals surface area contributed by atoms with E-state index < -0.39 is 65.3 Å². The van der Waals surface area contributed by atoms with Crippen LogP contribution in [0.3, 0.4) is 0 Å². The zero-order valence-corrected chi connectivity index (χ0v) is 37.8. The van der Waals surface area contributed by atoms with Crippen molar-refractivity contribution in [1.29, 1.82) is 0 Å². The second-order valence-corrected chi connectivity index (χ2v) is 19.3. The largest absolute Gasteiger partial charge is 0.361 e. The Labute approximate surface area is 384 Å². The van der Waals surface area contributed by atoms with E-state index in [1.54, 1.807) is 9.80 Å². The van der Waals surface area contributed by atoms with Gasteiger partial charge in [0.25, 0.3) is 0 Å². The Morgan fingerprint density at radius 3 is 2.00 bits per heavy atom. The number of nitrogens with zero attached hydrogens (tertiary/aromatic N) is 2. The van der Waals surface area contributed by atoms with Crippen LogP contribution in [-0.2, 0) is 46.4 Å².